The summed E-state index contributed by atoms with van der Waals surface area (Å²) in [6, 6.07) is 2.41. The summed E-state index contributed by atoms with van der Waals surface area (Å²) in [5.41, 5.74) is 2.16. The molecule has 0 bridgehead atoms. The van der Waals surface area contributed by atoms with Crippen molar-refractivity contribution in [3.05, 3.63) is 33.4 Å². The number of carbonyl (C=O) groups is 1. The molecule has 1 unspecified atom stereocenters. The monoisotopic (exact) mass is 305 g/mol. The molecule has 0 aliphatic carbocycles. The summed E-state index contributed by atoms with van der Waals surface area (Å²) < 4.78 is 38.0. The molecule has 1 atom stereocenters. The van der Waals surface area contributed by atoms with Crippen molar-refractivity contribution in [1.29, 1.82) is 0 Å². The smallest absolute Gasteiger partial charge is 0.318 e. The Kier molecular flexibility index (Phi) is 4.28. The van der Waals surface area contributed by atoms with Gasteiger partial charge in [-0.2, -0.15) is 13.2 Å². The highest BCUT2D eigenvalue weighted by Gasteiger charge is 2.54. The van der Waals surface area contributed by atoms with Crippen molar-refractivity contribution in [2.45, 2.75) is 32.5 Å². The summed E-state index contributed by atoms with van der Waals surface area (Å²) in [4.78, 5) is 21.8. The van der Waals surface area contributed by atoms with E-state index in [1.807, 2.05) is 5.32 Å². The number of nitro groups is 1. The fourth-order valence-electron chi connectivity index (χ4n) is 1.43. The molecule has 0 radical (unpaired) electrons. The van der Waals surface area contributed by atoms with E-state index in [4.69, 9.17) is 5.73 Å². The molecule has 0 saturated carbocycles. The number of carbonyl (C=O) groups excluding carboxylic acids is 1. The van der Waals surface area contributed by atoms with Gasteiger partial charge in [0.15, 0.2) is 5.54 Å². The minimum Gasteiger partial charge on any atom is -0.318 e. The van der Waals surface area contributed by atoms with Crippen LogP contribution in [0.2, 0.25) is 0 Å². The van der Waals surface area contributed by atoms with E-state index in [9.17, 15) is 28.1 Å². The molecule has 0 aliphatic rings. The maximum Gasteiger partial charge on any atom is 0.415 e. The fourth-order valence-corrected chi connectivity index (χ4v) is 1.43. The molecule has 0 aliphatic heterocycles. The van der Waals surface area contributed by atoms with Gasteiger partial charge >= 0.3 is 6.18 Å². The lowest BCUT2D eigenvalue weighted by Gasteiger charge is -2.26. The molecule has 0 fully saturated rings. The molecule has 0 aromatic heterocycles. The Labute approximate surface area is 118 Å². The summed E-state index contributed by atoms with van der Waals surface area (Å²) in [5, 5.41) is 12.8. The lowest BCUT2D eigenvalue weighted by Crippen LogP contribution is -2.59. The van der Waals surface area contributed by atoms with Crippen LogP contribution in [0, 0.1) is 24.0 Å². The predicted molar refractivity (Wildman–Crippen MR) is 69.8 cm³/mol. The van der Waals surface area contributed by atoms with Gasteiger partial charge in [0.1, 0.15) is 5.69 Å². The van der Waals surface area contributed by atoms with E-state index in [0.717, 1.165) is 0 Å². The van der Waals surface area contributed by atoms with Crippen LogP contribution < -0.4 is 11.1 Å². The number of nitro benzene ring substituents is 1. The first-order chi connectivity index (χ1) is 9.37. The molecule has 1 rings (SSSR count). The minimum atomic E-state index is -4.98. The van der Waals surface area contributed by atoms with Crippen molar-refractivity contribution in [3.8, 4) is 0 Å². The average Bonchev–Trinajstić information content (AvgIpc) is 2.31. The molecule has 3 N–H and O–H groups in total. The Morgan fingerprint density at radius 3 is 2.19 bits per heavy atom. The fraction of sp³-hybridized carbons (Fsp3) is 0.417. The molecule has 0 spiro atoms. The highest BCUT2D eigenvalue weighted by molar-refractivity contribution is 6.00. The topological polar surface area (TPSA) is 98.3 Å². The SMILES string of the molecule is Cc1cc(NC(=O)C(C)(N)C(F)(F)F)c([N+](=O)[O-])cc1C. The van der Waals surface area contributed by atoms with Crippen molar-refractivity contribution in [2.24, 2.45) is 5.73 Å². The number of hydrogen-bond acceptors (Lipinski definition) is 4. The van der Waals surface area contributed by atoms with Crippen LogP contribution in [0.1, 0.15) is 18.1 Å². The van der Waals surface area contributed by atoms with E-state index < -0.39 is 28.2 Å². The summed E-state index contributed by atoms with van der Waals surface area (Å²) in [5.74, 6) is -1.57. The predicted octanol–water partition coefficient (Wildman–Crippen LogP) is 2.43. The van der Waals surface area contributed by atoms with Crippen LogP contribution in [0.4, 0.5) is 24.5 Å². The van der Waals surface area contributed by atoms with E-state index >= 15 is 0 Å². The Balaban J connectivity index is 3.23. The standard InChI is InChI=1S/C12H14F3N3O3/c1-6-4-8(9(18(20)21)5-7(6)2)17-10(19)11(3,16)12(13,14)15/h4-5H,16H2,1-3H3,(H,17,19). The Morgan fingerprint density at radius 2 is 1.76 bits per heavy atom. The number of amides is 1. The molecule has 116 valence electrons. The number of aryl methyl sites for hydroxylation is 2. The zero-order valence-electron chi connectivity index (χ0n) is 11.5. The van der Waals surface area contributed by atoms with Crippen LogP contribution >= 0.6 is 0 Å². The Morgan fingerprint density at radius 1 is 1.29 bits per heavy atom. The number of nitrogens with one attached hydrogen (secondary N) is 1. The number of alkyl halides is 3. The number of hydrogen-bond donors (Lipinski definition) is 2. The number of anilines is 1. The van der Waals surface area contributed by atoms with Crippen molar-refractivity contribution in [1.82, 2.24) is 0 Å². The lowest BCUT2D eigenvalue weighted by molar-refractivity contribution is -0.384. The molecule has 9 heteroatoms. The van der Waals surface area contributed by atoms with Gasteiger partial charge in [-0.3, -0.25) is 14.9 Å². The van der Waals surface area contributed by atoms with Gasteiger partial charge in [-0.05, 0) is 38.0 Å². The van der Waals surface area contributed by atoms with Gasteiger partial charge in [0.2, 0.25) is 0 Å². The molecule has 1 aromatic carbocycles. The summed E-state index contributed by atoms with van der Waals surface area (Å²) >= 11 is 0. The largest absolute Gasteiger partial charge is 0.415 e. The highest BCUT2D eigenvalue weighted by Crippen LogP contribution is 2.32. The third kappa shape index (κ3) is 3.30. The van der Waals surface area contributed by atoms with Gasteiger partial charge in [-0.1, -0.05) is 0 Å². The molecular formula is C12H14F3N3O3. The van der Waals surface area contributed by atoms with Crippen molar-refractivity contribution < 1.29 is 22.9 Å². The molecular weight excluding hydrogens is 291 g/mol. The van der Waals surface area contributed by atoms with Gasteiger partial charge in [-0.25, -0.2) is 0 Å². The van der Waals surface area contributed by atoms with E-state index in [2.05, 4.69) is 0 Å². The third-order valence-corrected chi connectivity index (χ3v) is 3.12. The van der Waals surface area contributed by atoms with Crippen LogP contribution in [0.3, 0.4) is 0 Å². The first-order valence-electron chi connectivity index (χ1n) is 5.80. The zero-order chi connectivity index (χ0) is 16.6. The van der Waals surface area contributed by atoms with Gasteiger partial charge in [0.05, 0.1) is 4.92 Å². The van der Waals surface area contributed by atoms with Crippen molar-refractivity contribution in [2.75, 3.05) is 5.32 Å². The normalized spacial score (nSPS) is 14.4. The third-order valence-electron chi connectivity index (χ3n) is 3.12. The lowest BCUT2D eigenvalue weighted by atomic mass is 10.0. The number of benzene rings is 1. The average molecular weight is 305 g/mol. The maximum atomic E-state index is 12.7. The molecule has 6 nitrogen and oxygen atoms in total. The van der Waals surface area contributed by atoms with Gasteiger partial charge in [-0.15, -0.1) is 0 Å². The minimum absolute atomic E-state index is 0.325. The molecule has 0 heterocycles. The summed E-state index contributed by atoms with van der Waals surface area (Å²) in [7, 11) is 0. The number of nitrogens with two attached hydrogens (primary N) is 1. The second-order valence-electron chi connectivity index (χ2n) is 4.86. The van der Waals surface area contributed by atoms with Crippen LogP contribution in [-0.2, 0) is 4.79 Å². The number of halogens is 3. The van der Waals surface area contributed by atoms with Crippen LogP contribution in [0.15, 0.2) is 12.1 Å². The molecule has 1 aromatic rings. The van der Waals surface area contributed by atoms with Crippen LogP contribution in [-0.4, -0.2) is 22.5 Å². The van der Waals surface area contributed by atoms with Gasteiger partial charge < -0.3 is 11.1 Å². The number of rotatable bonds is 3. The Hall–Kier alpha value is -2.16. The maximum absolute atomic E-state index is 12.7. The second kappa shape index (κ2) is 5.32. The van der Waals surface area contributed by atoms with E-state index in [1.54, 1.807) is 13.8 Å². The molecule has 21 heavy (non-hydrogen) atoms. The quantitative estimate of drug-likeness (QED) is 0.662. The molecule has 0 saturated heterocycles. The van der Waals surface area contributed by atoms with E-state index in [1.165, 1.54) is 12.1 Å². The summed E-state index contributed by atoms with van der Waals surface area (Å²) in [6.07, 6.45) is -4.98. The zero-order valence-corrected chi connectivity index (χ0v) is 11.5. The Bertz CT molecular complexity index is 597. The van der Waals surface area contributed by atoms with Crippen molar-refractivity contribution in [3.63, 3.8) is 0 Å². The van der Waals surface area contributed by atoms with Crippen LogP contribution in [0.5, 0.6) is 0 Å². The highest BCUT2D eigenvalue weighted by atomic mass is 19.4. The number of nitrogens with zero attached hydrogens (tertiary/aromatic N) is 1. The second-order valence-corrected chi connectivity index (χ2v) is 4.86. The first kappa shape index (κ1) is 16.9. The van der Waals surface area contributed by atoms with E-state index in [-0.39, 0.29) is 5.69 Å². The van der Waals surface area contributed by atoms with E-state index in [0.29, 0.717) is 18.1 Å². The van der Waals surface area contributed by atoms with Crippen LogP contribution in [0.25, 0.3) is 0 Å². The summed E-state index contributed by atoms with van der Waals surface area (Å²) in [6.45, 7) is 3.71. The first-order valence-corrected chi connectivity index (χ1v) is 5.80. The molecule has 1 amide bonds. The van der Waals surface area contributed by atoms with Gasteiger partial charge in [0.25, 0.3) is 11.6 Å². The van der Waals surface area contributed by atoms with Gasteiger partial charge in [0, 0.05) is 6.07 Å². The van der Waals surface area contributed by atoms with Crippen molar-refractivity contribution >= 4 is 17.3 Å².